The molecule has 0 aliphatic heterocycles. The first kappa shape index (κ1) is 22.4. The second kappa shape index (κ2) is 17.7. The number of hydrogen-bond donors (Lipinski definition) is 2. The van der Waals surface area contributed by atoms with Gasteiger partial charge in [-0.15, -0.1) is 0 Å². The van der Waals surface area contributed by atoms with Crippen LogP contribution in [0.25, 0.3) is 0 Å². The Morgan fingerprint density at radius 2 is 1.09 bits per heavy atom. The van der Waals surface area contributed by atoms with E-state index in [0.717, 1.165) is 19.3 Å². The lowest BCUT2D eigenvalue weighted by Crippen LogP contribution is -2.21. The third-order valence-corrected chi connectivity index (χ3v) is 4.36. The number of hydrogen-bond acceptors (Lipinski definition) is 4. The molecule has 0 heterocycles. The molecule has 4 nitrogen and oxygen atoms in total. The molecule has 0 aromatic rings. The van der Waals surface area contributed by atoms with Crippen molar-refractivity contribution in [3.05, 3.63) is 0 Å². The summed E-state index contributed by atoms with van der Waals surface area (Å²) < 4.78 is 4.49. The smallest absolute Gasteiger partial charge is 0.334 e. The molecular weight excluding hydrogens is 292 g/mol. The van der Waals surface area contributed by atoms with Gasteiger partial charge in [0, 0.05) is 6.61 Å². The Morgan fingerprint density at radius 3 is 1.43 bits per heavy atom. The fraction of sp³-hybridized carbons (Fsp3) is 0.947. The van der Waals surface area contributed by atoms with Crippen LogP contribution in [0.1, 0.15) is 96.3 Å². The topological polar surface area (TPSA) is 66.8 Å². The van der Waals surface area contributed by atoms with Gasteiger partial charge < -0.3 is 14.9 Å². The minimum atomic E-state index is -0.941. The van der Waals surface area contributed by atoms with E-state index >= 15 is 0 Å². The highest BCUT2D eigenvalue weighted by molar-refractivity contribution is 5.74. The van der Waals surface area contributed by atoms with Crippen molar-refractivity contribution in [1.82, 2.24) is 0 Å². The molecule has 0 aliphatic carbocycles. The van der Waals surface area contributed by atoms with Crippen LogP contribution in [0.3, 0.4) is 0 Å². The molecule has 1 unspecified atom stereocenters. The van der Waals surface area contributed by atoms with Gasteiger partial charge in [0.05, 0.1) is 7.11 Å². The predicted molar refractivity (Wildman–Crippen MR) is 94.4 cm³/mol. The van der Waals surface area contributed by atoms with E-state index in [1.165, 1.54) is 77.7 Å². The Kier molecular flexibility index (Phi) is 17.3. The highest BCUT2D eigenvalue weighted by Gasteiger charge is 2.13. The van der Waals surface area contributed by atoms with Gasteiger partial charge >= 0.3 is 5.97 Å². The van der Waals surface area contributed by atoms with E-state index in [0.29, 0.717) is 13.0 Å². The maximum atomic E-state index is 11.0. The van der Waals surface area contributed by atoms with E-state index in [9.17, 15) is 9.90 Å². The Hall–Kier alpha value is -0.610. The predicted octanol–water partition coefficient (Wildman–Crippen LogP) is 4.36. The van der Waals surface area contributed by atoms with Gasteiger partial charge in [0.15, 0.2) is 6.10 Å². The summed E-state index contributed by atoms with van der Waals surface area (Å²) in [5, 5.41) is 18.1. The molecule has 1 atom stereocenters. The van der Waals surface area contributed by atoms with Crippen molar-refractivity contribution in [2.45, 2.75) is 102 Å². The molecule has 138 valence electrons. The number of unbranched alkanes of at least 4 members (excludes halogenated alkanes) is 13. The van der Waals surface area contributed by atoms with Crippen LogP contribution in [0, 0.1) is 0 Å². The quantitative estimate of drug-likeness (QED) is 0.307. The number of ether oxygens (including phenoxy) is 1. The number of aliphatic hydroxyl groups is 2. The molecular formula is C19H38O4. The van der Waals surface area contributed by atoms with E-state index in [-0.39, 0.29) is 0 Å². The standard InChI is InChI=1S/C19H38O4/c1-23-19(22)18(21)16-14-12-10-8-6-4-2-3-5-7-9-11-13-15-17-20/h18,20-21H,2-17H2,1H3. The number of carbonyl (C=O) groups excluding carboxylic acids is 1. The second-order valence-corrected chi connectivity index (χ2v) is 6.50. The van der Waals surface area contributed by atoms with Gasteiger partial charge in [-0.05, 0) is 12.8 Å². The first-order valence-electron chi connectivity index (χ1n) is 9.59. The van der Waals surface area contributed by atoms with Crippen molar-refractivity contribution in [2.24, 2.45) is 0 Å². The molecule has 0 spiro atoms. The maximum Gasteiger partial charge on any atom is 0.334 e. The van der Waals surface area contributed by atoms with Crippen molar-refractivity contribution < 1.29 is 19.7 Å². The van der Waals surface area contributed by atoms with Crippen LogP contribution in [0.2, 0.25) is 0 Å². The normalized spacial score (nSPS) is 12.3. The summed E-state index contributed by atoms with van der Waals surface area (Å²) >= 11 is 0. The minimum Gasteiger partial charge on any atom is -0.467 e. The van der Waals surface area contributed by atoms with E-state index in [4.69, 9.17) is 5.11 Å². The largest absolute Gasteiger partial charge is 0.467 e. The zero-order chi connectivity index (χ0) is 17.2. The molecule has 2 N–H and O–H groups in total. The first-order chi connectivity index (χ1) is 11.2. The molecule has 0 bridgehead atoms. The van der Waals surface area contributed by atoms with Gasteiger partial charge in [-0.2, -0.15) is 0 Å². The molecule has 23 heavy (non-hydrogen) atoms. The summed E-state index contributed by atoms with van der Waals surface area (Å²) in [5.41, 5.74) is 0. The van der Waals surface area contributed by atoms with Gasteiger partial charge in [-0.3, -0.25) is 0 Å². The summed E-state index contributed by atoms with van der Waals surface area (Å²) in [6, 6.07) is 0. The lowest BCUT2D eigenvalue weighted by atomic mass is 10.0. The van der Waals surface area contributed by atoms with Gasteiger partial charge in [0.25, 0.3) is 0 Å². The average Bonchev–Trinajstić information content (AvgIpc) is 2.57. The molecule has 0 rings (SSSR count). The Morgan fingerprint density at radius 1 is 0.739 bits per heavy atom. The summed E-state index contributed by atoms with van der Waals surface area (Å²) in [7, 11) is 1.31. The van der Waals surface area contributed by atoms with Crippen LogP contribution < -0.4 is 0 Å². The summed E-state index contributed by atoms with van der Waals surface area (Å²) in [4.78, 5) is 11.0. The van der Waals surface area contributed by atoms with E-state index in [1.54, 1.807) is 0 Å². The second-order valence-electron chi connectivity index (χ2n) is 6.50. The van der Waals surface area contributed by atoms with Crippen molar-refractivity contribution in [2.75, 3.05) is 13.7 Å². The number of methoxy groups -OCH3 is 1. The minimum absolute atomic E-state index is 0.339. The monoisotopic (exact) mass is 330 g/mol. The third kappa shape index (κ3) is 16.0. The molecule has 0 fully saturated rings. The van der Waals surface area contributed by atoms with Crippen LogP contribution in [-0.4, -0.2) is 36.0 Å². The van der Waals surface area contributed by atoms with E-state index in [1.807, 2.05) is 0 Å². The lowest BCUT2D eigenvalue weighted by molar-refractivity contribution is -0.150. The zero-order valence-corrected chi connectivity index (χ0v) is 15.1. The van der Waals surface area contributed by atoms with Crippen molar-refractivity contribution in [1.29, 1.82) is 0 Å². The summed E-state index contributed by atoms with van der Waals surface area (Å²) in [6.07, 6.45) is 16.8. The van der Waals surface area contributed by atoms with Gasteiger partial charge in [0.1, 0.15) is 0 Å². The van der Waals surface area contributed by atoms with Crippen molar-refractivity contribution in [3.8, 4) is 0 Å². The highest BCUT2D eigenvalue weighted by atomic mass is 16.5. The molecule has 0 aliphatic rings. The number of aliphatic hydroxyl groups excluding tert-OH is 2. The first-order valence-corrected chi connectivity index (χ1v) is 9.59. The van der Waals surface area contributed by atoms with Crippen LogP contribution in [0.15, 0.2) is 0 Å². The fourth-order valence-corrected chi connectivity index (χ4v) is 2.82. The fourth-order valence-electron chi connectivity index (χ4n) is 2.82. The molecule has 0 aromatic heterocycles. The van der Waals surface area contributed by atoms with Gasteiger partial charge in [0.2, 0.25) is 0 Å². The zero-order valence-electron chi connectivity index (χ0n) is 15.1. The molecule has 0 radical (unpaired) electrons. The van der Waals surface area contributed by atoms with Gasteiger partial charge in [-0.1, -0.05) is 83.5 Å². The van der Waals surface area contributed by atoms with Crippen molar-refractivity contribution >= 4 is 5.97 Å². The highest BCUT2D eigenvalue weighted by Crippen LogP contribution is 2.13. The van der Waals surface area contributed by atoms with Gasteiger partial charge in [-0.25, -0.2) is 4.79 Å². The van der Waals surface area contributed by atoms with Crippen LogP contribution in [0.4, 0.5) is 0 Å². The molecule has 0 saturated heterocycles. The molecule has 4 heteroatoms. The van der Waals surface area contributed by atoms with E-state index < -0.39 is 12.1 Å². The van der Waals surface area contributed by atoms with Crippen LogP contribution in [0.5, 0.6) is 0 Å². The number of carbonyl (C=O) groups is 1. The SMILES string of the molecule is COC(=O)C(O)CCCCCCCCCCCCCCCCO. The van der Waals surface area contributed by atoms with Crippen molar-refractivity contribution in [3.63, 3.8) is 0 Å². The Balaban J connectivity index is 3.09. The third-order valence-electron chi connectivity index (χ3n) is 4.36. The molecule has 0 aromatic carbocycles. The Bertz CT molecular complexity index is 256. The number of rotatable bonds is 17. The van der Waals surface area contributed by atoms with E-state index in [2.05, 4.69) is 4.74 Å². The van der Waals surface area contributed by atoms with Crippen LogP contribution in [-0.2, 0) is 9.53 Å². The van der Waals surface area contributed by atoms with Crippen LogP contribution >= 0.6 is 0 Å². The summed E-state index contributed by atoms with van der Waals surface area (Å²) in [5.74, 6) is -0.515. The Labute approximate surface area is 142 Å². The summed E-state index contributed by atoms with van der Waals surface area (Å²) in [6.45, 7) is 0.339. The lowest BCUT2D eigenvalue weighted by Gasteiger charge is -2.07. The molecule has 0 amide bonds. The average molecular weight is 331 g/mol. The maximum absolute atomic E-state index is 11.0. The number of esters is 1. The molecule has 0 saturated carbocycles.